The van der Waals surface area contributed by atoms with Crippen LogP contribution in [0, 0.1) is 0 Å². The number of aryl methyl sites for hydroxylation is 1. The largest absolute Gasteiger partial charge is 0.360 e. The molecule has 0 bridgehead atoms. The summed E-state index contributed by atoms with van der Waals surface area (Å²) in [6.07, 6.45) is 4.72. The lowest BCUT2D eigenvalue weighted by Crippen LogP contribution is -2.28. The topological polar surface area (TPSA) is 15.6 Å². The highest BCUT2D eigenvalue weighted by atomic mass is 15.2. The van der Waals surface area contributed by atoms with Crippen molar-refractivity contribution < 1.29 is 0 Å². The number of likely N-dealkylation sites (tertiary alicyclic amines) is 1. The zero-order valence-corrected chi connectivity index (χ0v) is 13.1. The molecule has 2 aromatic carbocycles. The number of aliphatic imine (C=N–C) groups is 1. The van der Waals surface area contributed by atoms with Crippen molar-refractivity contribution in [2.24, 2.45) is 4.99 Å². The van der Waals surface area contributed by atoms with Crippen molar-refractivity contribution in [3.05, 3.63) is 71.8 Å². The lowest BCUT2D eigenvalue weighted by atomic mass is 10.1. The third kappa shape index (κ3) is 4.20. The Hall–Kier alpha value is -2.09. The zero-order valence-electron chi connectivity index (χ0n) is 13.1. The molecular formula is C20H24N2. The second kappa shape index (κ2) is 7.79. The molecule has 0 radical (unpaired) electrons. The van der Waals surface area contributed by atoms with Gasteiger partial charge in [-0.1, -0.05) is 60.7 Å². The van der Waals surface area contributed by atoms with Gasteiger partial charge in [0, 0.05) is 19.5 Å². The van der Waals surface area contributed by atoms with Crippen LogP contribution in [0.5, 0.6) is 0 Å². The second-order valence-corrected chi connectivity index (χ2v) is 5.90. The number of nitrogens with zero attached hydrogens (tertiary/aromatic N) is 2. The number of hydrogen-bond donors (Lipinski definition) is 0. The Bertz CT molecular complexity index is 584. The summed E-state index contributed by atoms with van der Waals surface area (Å²) in [6.45, 7) is 3.13. The molecule has 0 saturated carbocycles. The molecule has 3 rings (SSSR count). The van der Waals surface area contributed by atoms with Crippen molar-refractivity contribution in [3.8, 4) is 0 Å². The molecule has 0 amide bonds. The van der Waals surface area contributed by atoms with E-state index in [1.807, 2.05) is 0 Å². The molecule has 1 aliphatic rings. The van der Waals surface area contributed by atoms with Gasteiger partial charge in [-0.2, -0.15) is 0 Å². The molecule has 0 atom stereocenters. The van der Waals surface area contributed by atoms with Gasteiger partial charge in [-0.3, -0.25) is 4.99 Å². The molecule has 0 spiro atoms. The summed E-state index contributed by atoms with van der Waals surface area (Å²) < 4.78 is 0. The van der Waals surface area contributed by atoms with Gasteiger partial charge in [0.25, 0.3) is 0 Å². The van der Waals surface area contributed by atoms with E-state index in [0.717, 1.165) is 19.4 Å². The SMILES string of the molecule is c1ccc(CCC(=NCc2ccccc2)N2CCCC2)cc1. The molecular weight excluding hydrogens is 268 g/mol. The molecule has 2 nitrogen and oxygen atoms in total. The van der Waals surface area contributed by atoms with E-state index in [2.05, 4.69) is 65.6 Å². The van der Waals surface area contributed by atoms with Crippen LogP contribution in [-0.2, 0) is 13.0 Å². The van der Waals surface area contributed by atoms with Crippen LogP contribution in [0.25, 0.3) is 0 Å². The molecule has 1 heterocycles. The summed E-state index contributed by atoms with van der Waals surface area (Å²) in [5.74, 6) is 1.28. The van der Waals surface area contributed by atoms with Crippen LogP contribution in [0.1, 0.15) is 30.4 Å². The van der Waals surface area contributed by atoms with E-state index >= 15 is 0 Å². The fraction of sp³-hybridized carbons (Fsp3) is 0.350. The monoisotopic (exact) mass is 292 g/mol. The number of benzene rings is 2. The van der Waals surface area contributed by atoms with Crippen LogP contribution >= 0.6 is 0 Å². The van der Waals surface area contributed by atoms with Crippen LogP contribution in [-0.4, -0.2) is 23.8 Å². The number of amidine groups is 1. The van der Waals surface area contributed by atoms with E-state index in [9.17, 15) is 0 Å². The Labute approximate surface area is 133 Å². The summed E-state index contributed by atoms with van der Waals surface area (Å²) in [4.78, 5) is 7.41. The van der Waals surface area contributed by atoms with Crippen LogP contribution in [0.2, 0.25) is 0 Å². The lowest BCUT2D eigenvalue weighted by molar-refractivity contribution is 0.502. The molecule has 1 aliphatic heterocycles. The summed E-state index contributed by atoms with van der Waals surface area (Å²) in [5.41, 5.74) is 2.69. The average molecular weight is 292 g/mol. The van der Waals surface area contributed by atoms with Crippen molar-refractivity contribution in [2.45, 2.75) is 32.2 Å². The van der Waals surface area contributed by atoms with E-state index in [1.54, 1.807) is 0 Å². The Morgan fingerprint density at radius 2 is 1.41 bits per heavy atom. The molecule has 0 aliphatic carbocycles. The van der Waals surface area contributed by atoms with Gasteiger partial charge in [-0.15, -0.1) is 0 Å². The first-order chi connectivity index (χ1) is 10.9. The normalized spacial score (nSPS) is 15.3. The number of rotatable bonds is 5. The van der Waals surface area contributed by atoms with Crippen molar-refractivity contribution in [2.75, 3.05) is 13.1 Å². The van der Waals surface area contributed by atoms with Crippen molar-refractivity contribution in [3.63, 3.8) is 0 Å². The van der Waals surface area contributed by atoms with Gasteiger partial charge in [-0.25, -0.2) is 0 Å². The summed E-state index contributed by atoms with van der Waals surface area (Å²) >= 11 is 0. The second-order valence-electron chi connectivity index (χ2n) is 5.90. The predicted octanol–water partition coefficient (Wildman–Crippen LogP) is 4.31. The lowest BCUT2D eigenvalue weighted by Gasteiger charge is -2.20. The quantitative estimate of drug-likeness (QED) is 0.592. The smallest absolute Gasteiger partial charge is 0.0996 e. The molecule has 1 fully saturated rings. The average Bonchev–Trinajstić information content (AvgIpc) is 3.11. The number of hydrogen-bond acceptors (Lipinski definition) is 1. The van der Waals surface area contributed by atoms with Gasteiger partial charge < -0.3 is 4.90 Å². The Kier molecular flexibility index (Phi) is 5.25. The Morgan fingerprint density at radius 3 is 2.05 bits per heavy atom. The molecule has 114 valence electrons. The zero-order chi connectivity index (χ0) is 15.0. The van der Waals surface area contributed by atoms with Crippen LogP contribution < -0.4 is 0 Å². The molecule has 2 aromatic rings. The fourth-order valence-electron chi connectivity index (χ4n) is 2.98. The molecule has 0 N–H and O–H groups in total. The highest BCUT2D eigenvalue weighted by Gasteiger charge is 2.15. The van der Waals surface area contributed by atoms with Crippen LogP contribution in [0.3, 0.4) is 0 Å². The van der Waals surface area contributed by atoms with Gasteiger partial charge in [0.15, 0.2) is 0 Å². The molecule has 1 saturated heterocycles. The van der Waals surface area contributed by atoms with Gasteiger partial charge in [-0.05, 0) is 30.4 Å². The highest BCUT2D eigenvalue weighted by Crippen LogP contribution is 2.14. The maximum Gasteiger partial charge on any atom is 0.0996 e. The minimum Gasteiger partial charge on any atom is -0.360 e. The molecule has 22 heavy (non-hydrogen) atoms. The summed E-state index contributed by atoms with van der Waals surface area (Å²) in [6, 6.07) is 21.3. The minimum absolute atomic E-state index is 0.793. The van der Waals surface area contributed by atoms with E-state index < -0.39 is 0 Å². The van der Waals surface area contributed by atoms with Crippen LogP contribution in [0.15, 0.2) is 65.7 Å². The molecule has 0 unspecified atom stereocenters. The van der Waals surface area contributed by atoms with Gasteiger partial charge in [0.05, 0.1) is 12.4 Å². The van der Waals surface area contributed by atoms with E-state index in [0.29, 0.717) is 0 Å². The van der Waals surface area contributed by atoms with E-state index in [4.69, 9.17) is 4.99 Å². The van der Waals surface area contributed by atoms with Gasteiger partial charge in [0.2, 0.25) is 0 Å². The molecule has 0 aromatic heterocycles. The molecule has 2 heteroatoms. The standard InChI is InChI=1S/C20H24N2/c1-3-9-18(10-4-1)13-14-20(22-15-7-8-16-22)21-17-19-11-5-2-6-12-19/h1-6,9-12H,7-8,13-17H2. The third-order valence-corrected chi connectivity index (χ3v) is 4.24. The first kappa shape index (κ1) is 14.8. The highest BCUT2D eigenvalue weighted by molar-refractivity contribution is 5.82. The van der Waals surface area contributed by atoms with Gasteiger partial charge in [0.1, 0.15) is 0 Å². The van der Waals surface area contributed by atoms with Crippen LogP contribution in [0.4, 0.5) is 0 Å². The van der Waals surface area contributed by atoms with Gasteiger partial charge >= 0.3 is 0 Å². The maximum absolute atomic E-state index is 4.93. The van der Waals surface area contributed by atoms with E-state index in [1.165, 1.54) is 42.9 Å². The Morgan fingerprint density at radius 1 is 0.818 bits per heavy atom. The van der Waals surface area contributed by atoms with Crippen molar-refractivity contribution >= 4 is 5.84 Å². The van der Waals surface area contributed by atoms with Crippen molar-refractivity contribution in [1.29, 1.82) is 0 Å². The predicted molar refractivity (Wildman–Crippen MR) is 93.2 cm³/mol. The van der Waals surface area contributed by atoms with Crippen molar-refractivity contribution in [1.82, 2.24) is 4.90 Å². The van der Waals surface area contributed by atoms with E-state index in [-0.39, 0.29) is 0 Å². The Balaban J connectivity index is 1.66. The minimum atomic E-state index is 0.793. The fourth-order valence-corrected chi connectivity index (χ4v) is 2.98. The first-order valence-electron chi connectivity index (χ1n) is 8.28. The summed E-state index contributed by atoms with van der Waals surface area (Å²) in [7, 11) is 0. The first-order valence-corrected chi connectivity index (χ1v) is 8.28. The maximum atomic E-state index is 4.93. The summed E-state index contributed by atoms with van der Waals surface area (Å²) in [5, 5.41) is 0. The third-order valence-electron chi connectivity index (χ3n) is 4.24.